The Labute approximate surface area is 99.0 Å². The van der Waals surface area contributed by atoms with E-state index in [9.17, 15) is 4.79 Å². The lowest BCUT2D eigenvalue weighted by molar-refractivity contribution is -0.133. The molecule has 86 valence electrons. The maximum Gasteiger partial charge on any atom is 0.334 e. The van der Waals surface area contributed by atoms with Crippen LogP contribution in [0.3, 0.4) is 0 Å². The fourth-order valence-corrected chi connectivity index (χ4v) is 1.49. The van der Waals surface area contributed by atoms with Crippen LogP contribution in [0.15, 0.2) is 54.6 Å². The van der Waals surface area contributed by atoms with Crippen molar-refractivity contribution in [3.8, 4) is 5.75 Å². The van der Waals surface area contributed by atoms with Crippen molar-refractivity contribution in [3.63, 3.8) is 0 Å². The van der Waals surface area contributed by atoms with Gasteiger partial charge in [0.15, 0.2) is 0 Å². The number of hydrogen-bond donors (Lipinski definition) is 1. The van der Waals surface area contributed by atoms with E-state index < -0.39 is 5.97 Å². The van der Waals surface area contributed by atoms with Crippen molar-refractivity contribution in [1.29, 1.82) is 0 Å². The third-order valence-electron chi connectivity index (χ3n) is 2.44. The van der Waals surface area contributed by atoms with Gasteiger partial charge in [0, 0.05) is 0 Å². The molecular weight excluding hydrogens is 216 g/mol. The lowest BCUT2D eigenvalue weighted by Crippen LogP contribution is -2.08. The van der Waals surface area contributed by atoms with Gasteiger partial charge in [-0.1, -0.05) is 36.9 Å². The predicted octanol–water partition coefficient (Wildman–Crippen LogP) is 2.86. The highest BCUT2D eigenvalue weighted by atomic mass is 16.5. The van der Waals surface area contributed by atoms with Crippen LogP contribution in [-0.2, 0) is 4.79 Å². The molecule has 0 aliphatic heterocycles. The summed E-state index contributed by atoms with van der Waals surface area (Å²) < 4.78 is 5.36. The Morgan fingerprint density at radius 1 is 1.18 bits per heavy atom. The Morgan fingerprint density at radius 2 is 1.88 bits per heavy atom. The van der Waals surface area contributed by atoms with Crippen LogP contribution >= 0.6 is 0 Å². The van der Waals surface area contributed by atoms with Gasteiger partial charge in [-0.25, -0.2) is 4.79 Å². The summed E-state index contributed by atoms with van der Waals surface area (Å²) in [6.07, 6.45) is 0. The molecule has 0 radical (unpaired) electrons. The monoisotopic (exact) mass is 228 g/mol. The number of carboxylic acid groups (broad SMARTS) is 1. The van der Waals surface area contributed by atoms with Crippen molar-refractivity contribution >= 4 is 16.7 Å². The average molecular weight is 228 g/mol. The van der Waals surface area contributed by atoms with Crippen molar-refractivity contribution in [2.24, 2.45) is 0 Å². The van der Waals surface area contributed by atoms with E-state index in [1.165, 1.54) is 0 Å². The van der Waals surface area contributed by atoms with E-state index in [2.05, 4.69) is 6.58 Å². The molecule has 0 aliphatic carbocycles. The SMILES string of the molecule is C=C(COc1ccc2ccccc2c1)C(=O)O. The summed E-state index contributed by atoms with van der Waals surface area (Å²) in [5.41, 5.74) is 0.0400. The number of carbonyl (C=O) groups is 1. The smallest absolute Gasteiger partial charge is 0.334 e. The fourth-order valence-electron chi connectivity index (χ4n) is 1.49. The largest absolute Gasteiger partial charge is 0.489 e. The van der Waals surface area contributed by atoms with Crippen LogP contribution in [0.4, 0.5) is 0 Å². The second kappa shape index (κ2) is 4.70. The number of carboxylic acids is 1. The zero-order valence-electron chi connectivity index (χ0n) is 9.22. The van der Waals surface area contributed by atoms with Crippen molar-refractivity contribution < 1.29 is 14.6 Å². The quantitative estimate of drug-likeness (QED) is 0.818. The summed E-state index contributed by atoms with van der Waals surface area (Å²) in [5, 5.41) is 10.8. The van der Waals surface area contributed by atoms with Crippen LogP contribution in [0.2, 0.25) is 0 Å². The number of ether oxygens (including phenoxy) is 1. The number of fused-ring (bicyclic) bond motifs is 1. The molecule has 2 aromatic carbocycles. The Kier molecular flexibility index (Phi) is 3.10. The molecule has 0 bridgehead atoms. The zero-order chi connectivity index (χ0) is 12.3. The Balaban J connectivity index is 2.14. The molecule has 17 heavy (non-hydrogen) atoms. The summed E-state index contributed by atoms with van der Waals surface area (Å²) in [6, 6.07) is 13.5. The molecule has 0 unspecified atom stereocenters. The molecule has 0 heterocycles. The van der Waals surface area contributed by atoms with Crippen molar-refractivity contribution in [2.75, 3.05) is 6.61 Å². The van der Waals surface area contributed by atoms with Crippen LogP contribution in [0.25, 0.3) is 10.8 Å². The van der Waals surface area contributed by atoms with Crippen molar-refractivity contribution in [3.05, 3.63) is 54.6 Å². The van der Waals surface area contributed by atoms with Gasteiger partial charge in [0.1, 0.15) is 12.4 Å². The first-order chi connectivity index (χ1) is 8.16. The van der Waals surface area contributed by atoms with Crippen LogP contribution in [0, 0.1) is 0 Å². The molecule has 3 nitrogen and oxygen atoms in total. The van der Waals surface area contributed by atoms with E-state index in [1.54, 1.807) is 0 Å². The Morgan fingerprint density at radius 3 is 2.59 bits per heavy atom. The second-order valence-corrected chi connectivity index (χ2v) is 3.71. The molecule has 0 amide bonds. The summed E-state index contributed by atoms with van der Waals surface area (Å²) in [4.78, 5) is 10.6. The number of aliphatic carboxylic acids is 1. The van der Waals surface area contributed by atoms with E-state index >= 15 is 0 Å². The zero-order valence-corrected chi connectivity index (χ0v) is 9.22. The minimum Gasteiger partial charge on any atom is -0.489 e. The molecule has 2 rings (SSSR count). The van der Waals surface area contributed by atoms with Gasteiger partial charge >= 0.3 is 5.97 Å². The third kappa shape index (κ3) is 2.64. The van der Waals surface area contributed by atoms with Crippen molar-refractivity contribution in [1.82, 2.24) is 0 Å². The van der Waals surface area contributed by atoms with Gasteiger partial charge in [0.25, 0.3) is 0 Å². The van der Waals surface area contributed by atoms with E-state index in [0.717, 1.165) is 10.8 Å². The first-order valence-corrected chi connectivity index (χ1v) is 5.19. The second-order valence-electron chi connectivity index (χ2n) is 3.71. The minimum atomic E-state index is -1.04. The summed E-state index contributed by atoms with van der Waals surface area (Å²) in [5.74, 6) is -0.392. The van der Waals surface area contributed by atoms with Gasteiger partial charge in [0.05, 0.1) is 5.57 Å². The van der Waals surface area contributed by atoms with Gasteiger partial charge in [-0.2, -0.15) is 0 Å². The average Bonchev–Trinajstić information content (AvgIpc) is 2.35. The Hall–Kier alpha value is -2.29. The topological polar surface area (TPSA) is 46.5 Å². The number of benzene rings is 2. The van der Waals surface area contributed by atoms with Gasteiger partial charge in [-0.15, -0.1) is 0 Å². The van der Waals surface area contributed by atoms with Crippen LogP contribution in [-0.4, -0.2) is 17.7 Å². The van der Waals surface area contributed by atoms with E-state index in [4.69, 9.17) is 9.84 Å². The molecule has 0 saturated heterocycles. The van der Waals surface area contributed by atoms with Crippen LogP contribution in [0.1, 0.15) is 0 Å². The van der Waals surface area contributed by atoms with Gasteiger partial charge in [-0.05, 0) is 22.9 Å². The molecule has 2 aromatic rings. The standard InChI is InChI=1S/C14H12O3/c1-10(14(15)16)9-17-13-7-6-11-4-2-3-5-12(11)8-13/h2-8H,1,9H2,(H,15,16). The van der Waals surface area contributed by atoms with Crippen LogP contribution < -0.4 is 4.74 Å². The van der Waals surface area contributed by atoms with Gasteiger partial charge < -0.3 is 9.84 Å². The van der Waals surface area contributed by atoms with Crippen LogP contribution in [0.5, 0.6) is 5.75 Å². The summed E-state index contributed by atoms with van der Waals surface area (Å²) in [6.45, 7) is 3.40. The predicted molar refractivity (Wildman–Crippen MR) is 66.2 cm³/mol. The maximum absolute atomic E-state index is 10.6. The molecule has 1 N–H and O–H groups in total. The molecule has 0 fully saturated rings. The summed E-state index contributed by atoms with van der Waals surface area (Å²) in [7, 11) is 0. The first-order valence-electron chi connectivity index (χ1n) is 5.19. The van der Waals surface area contributed by atoms with Gasteiger partial charge in [0.2, 0.25) is 0 Å². The number of rotatable bonds is 4. The molecule has 0 atom stereocenters. The van der Waals surface area contributed by atoms with Crippen molar-refractivity contribution in [2.45, 2.75) is 0 Å². The Bertz CT molecular complexity index is 572. The van der Waals surface area contributed by atoms with E-state index in [1.807, 2.05) is 42.5 Å². The molecule has 0 saturated carbocycles. The molecule has 0 spiro atoms. The molecular formula is C14H12O3. The first kappa shape index (κ1) is 11.2. The lowest BCUT2D eigenvalue weighted by atomic mass is 10.1. The van der Waals surface area contributed by atoms with E-state index in [-0.39, 0.29) is 12.2 Å². The minimum absolute atomic E-state index is 0.00628. The maximum atomic E-state index is 10.6. The summed E-state index contributed by atoms with van der Waals surface area (Å²) >= 11 is 0. The molecule has 0 aliphatic rings. The van der Waals surface area contributed by atoms with Gasteiger partial charge in [-0.3, -0.25) is 0 Å². The fraction of sp³-hybridized carbons (Fsp3) is 0.0714. The highest BCUT2D eigenvalue weighted by Crippen LogP contribution is 2.20. The lowest BCUT2D eigenvalue weighted by Gasteiger charge is -2.06. The third-order valence-corrected chi connectivity index (χ3v) is 2.44. The highest BCUT2D eigenvalue weighted by Gasteiger charge is 2.04. The molecule has 0 aromatic heterocycles. The number of hydrogen-bond acceptors (Lipinski definition) is 2. The molecule has 3 heteroatoms. The van der Waals surface area contributed by atoms with E-state index in [0.29, 0.717) is 5.75 Å². The highest BCUT2D eigenvalue weighted by molar-refractivity contribution is 5.86. The normalized spacial score (nSPS) is 10.1.